The van der Waals surface area contributed by atoms with Gasteiger partial charge in [-0.25, -0.2) is 0 Å². The maximum atomic E-state index is 11.0. The van der Waals surface area contributed by atoms with Gasteiger partial charge < -0.3 is 14.4 Å². The number of carbonyl (C=O) groups excluding carboxylic acids is 1. The van der Waals surface area contributed by atoms with Crippen LogP contribution >= 0.6 is 0 Å². The minimum Gasteiger partial charge on any atom is -0.550 e. The number of quaternary nitrogens is 1. The molecule has 0 aromatic carbocycles. The van der Waals surface area contributed by atoms with Crippen molar-refractivity contribution < 1.29 is 14.4 Å². The lowest BCUT2D eigenvalue weighted by Gasteiger charge is -2.36. The zero-order valence-electron chi connectivity index (χ0n) is 18.6. The van der Waals surface area contributed by atoms with Gasteiger partial charge in [0, 0.05) is 11.9 Å². The van der Waals surface area contributed by atoms with Gasteiger partial charge >= 0.3 is 0 Å². The number of hydrogen-bond donors (Lipinski definition) is 0. The van der Waals surface area contributed by atoms with Gasteiger partial charge in [-0.1, -0.05) is 71.1 Å². The number of nitrogens with zero attached hydrogens (tertiary/aromatic N) is 1. The van der Waals surface area contributed by atoms with E-state index in [1.165, 1.54) is 90.1 Å². The summed E-state index contributed by atoms with van der Waals surface area (Å²) < 4.78 is 1.10. The van der Waals surface area contributed by atoms with Crippen molar-refractivity contribution in [2.45, 2.75) is 110 Å². The van der Waals surface area contributed by atoms with Crippen molar-refractivity contribution in [1.82, 2.24) is 0 Å². The largest absolute Gasteiger partial charge is 0.550 e. The minimum absolute atomic E-state index is 0.187. The minimum atomic E-state index is -0.835. The molecule has 0 heterocycles. The average molecular weight is 382 g/mol. The van der Waals surface area contributed by atoms with Gasteiger partial charge in [0.05, 0.1) is 27.2 Å². The van der Waals surface area contributed by atoms with E-state index in [1.54, 1.807) is 0 Å². The van der Waals surface area contributed by atoms with Crippen LogP contribution in [0.2, 0.25) is 0 Å². The van der Waals surface area contributed by atoms with E-state index in [0.29, 0.717) is 5.92 Å². The molecule has 1 aliphatic rings. The summed E-state index contributed by atoms with van der Waals surface area (Å²) in [7, 11) is 4.70. The summed E-state index contributed by atoms with van der Waals surface area (Å²) in [6, 6.07) is 0. The molecule has 0 amide bonds. The normalized spacial score (nSPS) is 20.7. The van der Waals surface area contributed by atoms with Crippen LogP contribution in [0, 0.1) is 11.8 Å². The molecule has 0 radical (unpaired) electrons. The van der Waals surface area contributed by atoms with E-state index in [0.717, 1.165) is 30.2 Å². The van der Waals surface area contributed by atoms with Crippen LogP contribution in [0.5, 0.6) is 0 Å². The Morgan fingerprint density at radius 2 is 1.22 bits per heavy atom. The molecule has 0 aliphatic heterocycles. The maximum absolute atomic E-state index is 11.0. The van der Waals surface area contributed by atoms with Crippen LogP contribution in [-0.2, 0) is 4.79 Å². The highest BCUT2D eigenvalue weighted by molar-refractivity contribution is 5.67. The van der Waals surface area contributed by atoms with Crippen molar-refractivity contribution in [2.24, 2.45) is 11.8 Å². The lowest BCUT2D eigenvalue weighted by Crippen LogP contribution is -2.45. The number of unbranched alkanes of at least 4 members (excludes halogenated alkanes) is 11. The van der Waals surface area contributed by atoms with Crippen LogP contribution in [0.4, 0.5) is 0 Å². The van der Waals surface area contributed by atoms with Crippen LogP contribution in [0.25, 0.3) is 0 Å². The van der Waals surface area contributed by atoms with Crippen molar-refractivity contribution in [3.8, 4) is 0 Å². The molecule has 0 spiro atoms. The molecule has 1 aliphatic carbocycles. The molecule has 3 nitrogen and oxygen atoms in total. The highest BCUT2D eigenvalue weighted by Crippen LogP contribution is 2.30. The lowest BCUT2D eigenvalue weighted by molar-refractivity contribution is -0.894. The number of rotatable bonds is 16. The zero-order valence-corrected chi connectivity index (χ0v) is 18.6. The zero-order chi connectivity index (χ0) is 20.0. The Labute approximate surface area is 169 Å². The van der Waals surface area contributed by atoms with Crippen LogP contribution in [0.15, 0.2) is 0 Å². The summed E-state index contributed by atoms with van der Waals surface area (Å²) in [6.45, 7) is 4.75. The van der Waals surface area contributed by atoms with Crippen LogP contribution in [0.1, 0.15) is 110 Å². The van der Waals surface area contributed by atoms with E-state index in [2.05, 4.69) is 21.0 Å². The lowest BCUT2D eigenvalue weighted by atomic mass is 9.81. The Kier molecular flexibility index (Phi) is 13.1. The average Bonchev–Trinajstić information content (AvgIpc) is 2.62. The van der Waals surface area contributed by atoms with Crippen molar-refractivity contribution in [2.75, 3.05) is 27.2 Å². The monoisotopic (exact) mass is 381 g/mol. The molecule has 0 aromatic heterocycles. The molecule has 0 atom stereocenters. The van der Waals surface area contributed by atoms with E-state index in [-0.39, 0.29) is 5.92 Å². The third-order valence-electron chi connectivity index (χ3n) is 6.55. The first-order valence-corrected chi connectivity index (χ1v) is 12.0. The van der Waals surface area contributed by atoms with Crippen molar-refractivity contribution in [3.05, 3.63) is 0 Å². The van der Waals surface area contributed by atoms with Crippen molar-refractivity contribution >= 4 is 5.97 Å². The number of hydrogen-bond acceptors (Lipinski definition) is 2. The van der Waals surface area contributed by atoms with Crippen LogP contribution in [0.3, 0.4) is 0 Å². The summed E-state index contributed by atoms with van der Waals surface area (Å²) in [4.78, 5) is 11.0. The topological polar surface area (TPSA) is 40.1 Å². The van der Waals surface area contributed by atoms with Crippen LogP contribution < -0.4 is 5.11 Å². The van der Waals surface area contributed by atoms with Gasteiger partial charge in [-0.3, -0.25) is 0 Å². The molecule has 27 heavy (non-hydrogen) atoms. The summed E-state index contributed by atoms with van der Waals surface area (Å²) in [5, 5.41) is 11.0. The predicted molar refractivity (Wildman–Crippen MR) is 113 cm³/mol. The third-order valence-corrected chi connectivity index (χ3v) is 6.55. The molecule has 0 unspecified atom stereocenters. The SMILES string of the molecule is CCCCCCCCCCCCCC[N+](C)(C)CC1CCC(C(=O)[O-])CC1. The second-order valence-electron chi connectivity index (χ2n) is 9.77. The molecule has 3 heteroatoms. The standard InChI is InChI=1S/C24H47NO2/c1-4-5-6-7-8-9-10-11-12-13-14-15-20-25(2,3)21-22-16-18-23(19-17-22)24(26)27/h22-23H,4-21H2,1-3H3. The first-order valence-electron chi connectivity index (χ1n) is 12.0. The van der Waals surface area contributed by atoms with Gasteiger partial charge in [0.25, 0.3) is 0 Å². The van der Waals surface area contributed by atoms with Crippen molar-refractivity contribution in [3.63, 3.8) is 0 Å². The Balaban J connectivity index is 1.95. The Hall–Kier alpha value is -0.570. The highest BCUT2D eigenvalue weighted by atomic mass is 16.4. The van der Waals surface area contributed by atoms with E-state index in [1.807, 2.05) is 0 Å². The summed E-state index contributed by atoms with van der Waals surface area (Å²) in [6.07, 6.45) is 20.7. The van der Waals surface area contributed by atoms with Crippen LogP contribution in [-0.4, -0.2) is 37.6 Å². The molecule has 0 saturated heterocycles. The summed E-state index contributed by atoms with van der Waals surface area (Å²) in [5.74, 6) is -0.320. The fourth-order valence-corrected chi connectivity index (χ4v) is 4.75. The Morgan fingerprint density at radius 1 is 0.778 bits per heavy atom. The molecule has 0 bridgehead atoms. The molecular formula is C24H47NO2. The van der Waals surface area contributed by atoms with Crippen molar-refractivity contribution in [1.29, 1.82) is 0 Å². The fourth-order valence-electron chi connectivity index (χ4n) is 4.75. The smallest absolute Gasteiger partial charge is 0.0811 e. The number of aliphatic carboxylic acids is 1. The Morgan fingerprint density at radius 3 is 1.67 bits per heavy atom. The molecule has 0 aromatic rings. The first-order chi connectivity index (χ1) is 12.9. The second-order valence-corrected chi connectivity index (χ2v) is 9.77. The second kappa shape index (κ2) is 14.4. The van der Waals surface area contributed by atoms with Gasteiger partial charge in [0.2, 0.25) is 0 Å². The van der Waals surface area contributed by atoms with Gasteiger partial charge in [-0.2, -0.15) is 0 Å². The molecule has 1 saturated carbocycles. The number of carbonyl (C=O) groups is 1. The van der Waals surface area contributed by atoms with E-state index < -0.39 is 5.97 Å². The van der Waals surface area contributed by atoms with Gasteiger partial charge in [-0.05, 0) is 44.4 Å². The van der Waals surface area contributed by atoms with Gasteiger partial charge in [-0.15, -0.1) is 0 Å². The predicted octanol–water partition coefficient (Wildman–Crippen LogP) is 5.32. The molecule has 1 rings (SSSR count). The number of carboxylic acid groups (broad SMARTS) is 1. The quantitative estimate of drug-likeness (QED) is 0.268. The first kappa shape index (κ1) is 24.5. The molecule has 1 fully saturated rings. The van der Waals surface area contributed by atoms with Gasteiger partial charge in [0.15, 0.2) is 0 Å². The summed E-state index contributed by atoms with van der Waals surface area (Å²) >= 11 is 0. The maximum Gasteiger partial charge on any atom is 0.0811 e. The van der Waals surface area contributed by atoms with E-state index in [4.69, 9.17) is 0 Å². The van der Waals surface area contributed by atoms with E-state index in [9.17, 15) is 9.90 Å². The molecule has 0 N–H and O–H groups in total. The highest BCUT2D eigenvalue weighted by Gasteiger charge is 2.27. The molecular weight excluding hydrogens is 334 g/mol. The fraction of sp³-hybridized carbons (Fsp3) is 0.958. The van der Waals surface area contributed by atoms with E-state index >= 15 is 0 Å². The van der Waals surface area contributed by atoms with Gasteiger partial charge in [0.1, 0.15) is 0 Å². The third kappa shape index (κ3) is 12.5. The number of carboxylic acids is 1. The molecule has 160 valence electrons. The summed E-state index contributed by atoms with van der Waals surface area (Å²) in [5.41, 5.74) is 0. The Bertz CT molecular complexity index is 373.